The molecule has 10 nitrogen and oxygen atoms in total. The highest BCUT2D eigenvalue weighted by atomic mass is 32.1. The summed E-state index contributed by atoms with van der Waals surface area (Å²) in [6.45, 7) is 10.6. The molecule has 4 atom stereocenters. The van der Waals surface area contributed by atoms with Crippen LogP contribution >= 0.6 is 11.3 Å². The SMILES string of the molecule is C#CCCCN(C(=O)C(N=[N+]=[N-])[C@@H](C)CC)[C@H](C[C@@H](OCCCO)c1nc(C(=O)OCC)cs1)C(C)C. The highest BCUT2D eigenvalue weighted by molar-refractivity contribution is 7.09. The van der Waals surface area contributed by atoms with E-state index in [0.29, 0.717) is 50.3 Å². The van der Waals surface area contributed by atoms with Gasteiger partial charge in [-0.15, -0.1) is 23.7 Å². The van der Waals surface area contributed by atoms with Gasteiger partial charge in [-0.25, -0.2) is 9.78 Å². The second-order valence-corrected chi connectivity index (χ2v) is 10.0. The summed E-state index contributed by atoms with van der Waals surface area (Å²) in [4.78, 5) is 35.1. The molecule has 0 bridgehead atoms. The van der Waals surface area contributed by atoms with E-state index in [2.05, 4.69) is 20.9 Å². The highest BCUT2D eigenvalue weighted by Gasteiger charge is 2.35. The lowest BCUT2D eigenvalue weighted by molar-refractivity contribution is -0.138. The van der Waals surface area contributed by atoms with Crippen LogP contribution in [0.5, 0.6) is 0 Å². The molecule has 0 saturated heterocycles. The molecule has 206 valence electrons. The Bertz CT molecular complexity index is 925. The van der Waals surface area contributed by atoms with Crippen molar-refractivity contribution in [3.05, 3.63) is 26.5 Å². The number of hydrogen-bond acceptors (Lipinski definition) is 8. The first-order valence-corrected chi connectivity index (χ1v) is 13.8. The van der Waals surface area contributed by atoms with Crippen molar-refractivity contribution in [1.29, 1.82) is 0 Å². The van der Waals surface area contributed by atoms with E-state index in [9.17, 15) is 14.7 Å². The minimum Gasteiger partial charge on any atom is -0.461 e. The number of esters is 1. The first kappa shape index (κ1) is 32.4. The molecule has 1 aromatic rings. The first-order valence-electron chi connectivity index (χ1n) is 12.9. The minimum absolute atomic E-state index is 0.0221. The van der Waals surface area contributed by atoms with Crippen LogP contribution in [-0.4, -0.2) is 65.3 Å². The fourth-order valence-electron chi connectivity index (χ4n) is 3.89. The largest absolute Gasteiger partial charge is 0.461 e. The van der Waals surface area contributed by atoms with Crippen LogP contribution in [-0.2, 0) is 14.3 Å². The zero-order chi connectivity index (χ0) is 27.8. The molecule has 1 amide bonds. The van der Waals surface area contributed by atoms with E-state index >= 15 is 0 Å². The molecule has 0 aromatic carbocycles. The quantitative estimate of drug-likeness (QED) is 0.0690. The van der Waals surface area contributed by atoms with E-state index in [1.807, 2.05) is 27.7 Å². The van der Waals surface area contributed by atoms with Crippen LogP contribution < -0.4 is 0 Å². The van der Waals surface area contributed by atoms with Crippen molar-refractivity contribution in [2.75, 3.05) is 26.4 Å². The molecule has 0 fully saturated rings. The van der Waals surface area contributed by atoms with Gasteiger partial charge in [-0.05, 0) is 37.1 Å². The fraction of sp³-hybridized carbons (Fsp3) is 0.731. The van der Waals surface area contributed by atoms with Crippen molar-refractivity contribution < 1.29 is 24.2 Å². The fourth-order valence-corrected chi connectivity index (χ4v) is 4.74. The summed E-state index contributed by atoms with van der Waals surface area (Å²) in [5, 5.41) is 15.3. The van der Waals surface area contributed by atoms with Crippen molar-refractivity contribution in [2.45, 2.75) is 84.9 Å². The number of rotatable bonds is 18. The summed E-state index contributed by atoms with van der Waals surface area (Å²) in [6.07, 6.45) is 7.60. The summed E-state index contributed by atoms with van der Waals surface area (Å²) in [5.41, 5.74) is 9.36. The van der Waals surface area contributed by atoms with Gasteiger partial charge in [0.1, 0.15) is 17.2 Å². The highest BCUT2D eigenvalue weighted by Crippen LogP contribution is 2.32. The molecule has 0 aliphatic carbocycles. The molecule has 37 heavy (non-hydrogen) atoms. The molecule has 0 radical (unpaired) electrons. The van der Waals surface area contributed by atoms with E-state index < -0.39 is 18.1 Å². The number of terminal acetylenes is 1. The van der Waals surface area contributed by atoms with Gasteiger partial charge in [0.05, 0.1) is 6.61 Å². The van der Waals surface area contributed by atoms with Gasteiger partial charge in [-0.3, -0.25) is 4.79 Å². The predicted molar refractivity (Wildman–Crippen MR) is 144 cm³/mol. The van der Waals surface area contributed by atoms with Gasteiger partial charge in [0.15, 0.2) is 5.69 Å². The molecule has 1 rings (SSSR count). The van der Waals surface area contributed by atoms with Crippen LogP contribution in [0.1, 0.15) is 88.3 Å². The number of ether oxygens (including phenoxy) is 2. The van der Waals surface area contributed by atoms with Crippen LogP contribution in [0.4, 0.5) is 0 Å². The number of carbonyl (C=O) groups is 2. The summed E-state index contributed by atoms with van der Waals surface area (Å²) in [6, 6.07) is -1.11. The van der Waals surface area contributed by atoms with Crippen LogP contribution in [0, 0.1) is 24.2 Å². The average Bonchev–Trinajstić information content (AvgIpc) is 3.37. The van der Waals surface area contributed by atoms with Crippen molar-refractivity contribution in [3.8, 4) is 12.3 Å². The Morgan fingerprint density at radius 3 is 2.62 bits per heavy atom. The van der Waals surface area contributed by atoms with E-state index in [0.717, 1.165) is 0 Å². The lowest BCUT2D eigenvalue weighted by Crippen LogP contribution is -2.49. The molecule has 0 aliphatic rings. The van der Waals surface area contributed by atoms with Gasteiger partial charge in [0.25, 0.3) is 0 Å². The first-order chi connectivity index (χ1) is 17.7. The number of aromatic nitrogens is 1. The number of aliphatic hydroxyl groups is 1. The zero-order valence-corrected chi connectivity index (χ0v) is 23.4. The van der Waals surface area contributed by atoms with Crippen molar-refractivity contribution >= 4 is 23.2 Å². The summed E-state index contributed by atoms with van der Waals surface area (Å²) >= 11 is 1.29. The maximum absolute atomic E-state index is 13.8. The van der Waals surface area contributed by atoms with Crippen LogP contribution in [0.15, 0.2) is 10.5 Å². The Balaban J connectivity index is 3.39. The number of nitrogens with zero attached hydrogens (tertiary/aromatic N) is 5. The minimum atomic E-state index is -0.828. The van der Waals surface area contributed by atoms with Gasteiger partial charge in [0, 0.05) is 48.9 Å². The Morgan fingerprint density at radius 1 is 1.32 bits per heavy atom. The molecular weight excluding hydrogens is 494 g/mol. The third kappa shape index (κ3) is 10.3. The Kier molecular flexibility index (Phi) is 15.5. The summed E-state index contributed by atoms with van der Waals surface area (Å²) in [5.74, 6) is 1.79. The monoisotopic (exact) mass is 535 g/mol. The topological polar surface area (TPSA) is 138 Å². The van der Waals surface area contributed by atoms with E-state index in [4.69, 9.17) is 21.4 Å². The maximum atomic E-state index is 13.8. The van der Waals surface area contributed by atoms with Crippen molar-refractivity contribution in [3.63, 3.8) is 0 Å². The molecule has 11 heteroatoms. The second kappa shape index (κ2) is 17.8. The molecule has 1 N–H and O–H groups in total. The Morgan fingerprint density at radius 2 is 2.05 bits per heavy atom. The predicted octanol–water partition coefficient (Wildman–Crippen LogP) is 5.14. The smallest absolute Gasteiger partial charge is 0.357 e. The number of hydrogen-bond donors (Lipinski definition) is 1. The van der Waals surface area contributed by atoms with Gasteiger partial charge in [0.2, 0.25) is 5.91 Å². The third-order valence-corrected chi connectivity index (χ3v) is 7.08. The molecule has 1 aromatic heterocycles. The molecule has 1 unspecified atom stereocenters. The number of amides is 1. The van der Waals surface area contributed by atoms with Gasteiger partial charge >= 0.3 is 5.97 Å². The molecule has 0 aliphatic heterocycles. The molecular formula is C26H41N5O5S. The Hall–Kier alpha value is -2.64. The van der Waals surface area contributed by atoms with Crippen LogP contribution in [0.3, 0.4) is 0 Å². The van der Waals surface area contributed by atoms with Gasteiger partial charge < -0.3 is 19.5 Å². The van der Waals surface area contributed by atoms with Gasteiger partial charge in [-0.2, -0.15) is 0 Å². The summed E-state index contributed by atoms with van der Waals surface area (Å²) < 4.78 is 11.2. The average molecular weight is 536 g/mol. The van der Waals surface area contributed by atoms with Crippen LogP contribution in [0.2, 0.25) is 0 Å². The standard InChI is InChI=1S/C26H41N5O5S/c1-7-10-11-13-31(25(33)23(29-30-27)19(6)8-2)21(18(4)5)16-22(36-15-12-14-32)24-28-20(17-37-24)26(34)35-9-3/h1,17-19,21-23,32H,8-16H2,2-6H3/t19-,21+,22+,23?/m0/s1. The zero-order valence-electron chi connectivity index (χ0n) is 22.6. The number of unbranched alkanes of at least 4 members (excludes halogenated alkanes) is 1. The van der Waals surface area contributed by atoms with Crippen LogP contribution in [0.25, 0.3) is 10.4 Å². The number of carbonyl (C=O) groups excluding carboxylic acids is 2. The molecule has 0 spiro atoms. The number of thiazole rings is 1. The maximum Gasteiger partial charge on any atom is 0.357 e. The lowest BCUT2D eigenvalue weighted by Gasteiger charge is -2.38. The lowest BCUT2D eigenvalue weighted by atomic mass is 9.92. The van der Waals surface area contributed by atoms with Crippen molar-refractivity contribution in [1.82, 2.24) is 9.88 Å². The number of aliphatic hydroxyl groups excluding tert-OH is 1. The Labute approximate surface area is 224 Å². The van der Waals surface area contributed by atoms with Crippen molar-refractivity contribution in [2.24, 2.45) is 17.0 Å². The van der Waals surface area contributed by atoms with E-state index in [-0.39, 0.29) is 42.7 Å². The van der Waals surface area contributed by atoms with E-state index in [1.165, 1.54) is 11.3 Å². The second-order valence-electron chi connectivity index (χ2n) is 9.15. The number of azide groups is 1. The summed E-state index contributed by atoms with van der Waals surface area (Å²) in [7, 11) is 0. The molecule has 1 heterocycles. The third-order valence-electron chi connectivity index (χ3n) is 6.14. The van der Waals surface area contributed by atoms with Gasteiger partial charge in [-0.1, -0.05) is 39.2 Å². The van der Waals surface area contributed by atoms with E-state index in [1.54, 1.807) is 17.2 Å². The normalized spacial score (nSPS) is 14.2. The molecule has 0 saturated carbocycles.